The zero-order chi connectivity index (χ0) is 14.6. The second-order valence-electron chi connectivity index (χ2n) is 5.16. The highest BCUT2D eigenvalue weighted by Gasteiger charge is 2.31. The van der Waals surface area contributed by atoms with Crippen molar-refractivity contribution < 1.29 is 22.7 Å². The zero-order valence-electron chi connectivity index (χ0n) is 11.6. The number of sulfone groups is 1. The van der Waals surface area contributed by atoms with E-state index in [-0.39, 0.29) is 42.3 Å². The van der Waals surface area contributed by atoms with Crippen LogP contribution in [-0.4, -0.2) is 56.4 Å². The summed E-state index contributed by atoms with van der Waals surface area (Å²) in [6, 6.07) is -0.121. The lowest BCUT2D eigenvalue weighted by atomic mass is 10.0. The summed E-state index contributed by atoms with van der Waals surface area (Å²) in [6.07, 6.45) is 0.701. The summed E-state index contributed by atoms with van der Waals surface area (Å²) in [7, 11) is -1.70. The van der Waals surface area contributed by atoms with Crippen LogP contribution in [0.25, 0.3) is 0 Å². The lowest BCUT2D eigenvalue weighted by molar-refractivity contribution is -0.148. The minimum atomic E-state index is -2.98. The van der Waals surface area contributed by atoms with Crippen molar-refractivity contribution >= 4 is 21.7 Å². The van der Waals surface area contributed by atoms with Gasteiger partial charge in [0.15, 0.2) is 9.84 Å². The van der Waals surface area contributed by atoms with Crippen molar-refractivity contribution in [2.75, 3.05) is 25.2 Å². The van der Waals surface area contributed by atoms with Gasteiger partial charge in [0, 0.05) is 12.5 Å². The molecular weight excluding hydrogens is 270 g/mol. The van der Waals surface area contributed by atoms with E-state index in [2.05, 4.69) is 4.74 Å². The predicted molar refractivity (Wildman–Crippen MR) is 70.2 cm³/mol. The van der Waals surface area contributed by atoms with Gasteiger partial charge >= 0.3 is 5.97 Å². The third-order valence-electron chi connectivity index (χ3n) is 3.26. The molecular formula is C12H21NO5S. The molecule has 1 fully saturated rings. The van der Waals surface area contributed by atoms with E-state index in [1.54, 1.807) is 0 Å². The second-order valence-corrected chi connectivity index (χ2v) is 7.39. The van der Waals surface area contributed by atoms with Crippen molar-refractivity contribution in [2.45, 2.75) is 32.7 Å². The fourth-order valence-electron chi connectivity index (χ4n) is 2.16. The van der Waals surface area contributed by atoms with Crippen LogP contribution in [0.3, 0.4) is 0 Å². The zero-order valence-corrected chi connectivity index (χ0v) is 12.4. The van der Waals surface area contributed by atoms with Crippen molar-refractivity contribution in [1.82, 2.24) is 4.90 Å². The normalized spacial score (nSPS) is 21.4. The van der Waals surface area contributed by atoms with Crippen molar-refractivity contribution in [3.05, 3.63) is 0 Å². The number of amides is 1. The Morgan fingerprint density at radius 3 is 2.42 bits per heavy atom. The first-order valence-corrected chi connectivity index (χ1v) is 8.14. The van der Waals surface area contributed by atoms with Crippen LogP contribution in [-0.2, 0) is 24.2 Å². The van der Waals surface area contributed by atoms with Crippen molar-refractivity contribution in [1.29, 1.82) is 0 Å². The van der Waals surface area contributed by atoms with E-state index in [1.165, 1.54) is 12.0 Å². The number of carbonyl (C=O) groups excluding carboxylic acids is 2. The number of hydrogen-bond acceptors (Lipinski definition) is 5. The van der Waals surface area contributed by atoms with E-state index in [0.29, 0.717) is 6.42 Å². The van der Waals surface area contributed by atoms with E-state index in [4.69, 9.17) is 0 Å². The van der Waals surface area contributed by atoms with E-state index >= 15 is 0 Å². The van der Waals surface area contributed by atoms with E-state index in [9.17, 15) is 18.0 Å². The van der Waals surface area contributed by atoms with Gasteiger partial charge in [0.25, 0.3) is 0 Å². The molecule has 1 rings (SSSR count). The van der Waals surface area contributed by atoms with Crippen molar-refractivity contribution in [3.8, 4) is 0 Å². The molecule has 1 aliphatic rings. The highest BCUT2D eigenvalue weighted by atomic mass is 32.2. The molecule has 0 bridgehead atoms. The molecule has 1 heterocycles. The molecule has 110 valence electrons. The third kappa shape index (κ3) is 4.81. The molecule has 0 aromatic heterocycles. The summed E-state index contributed by atoms with van der Waals surface area (Å²) < 4.78 is 27.3. The Kier molecular flexibility index (Phi) is 5.34. The van der Waals surface area contributed by atoms with Gasteiger partial charge in [-0.3, -0.25) is 9.59 Å². The molecule has 1 aliphatic heterocycles. The third-order valence-corrected chi connectivity index (χ3v) is 5.10. The SMILES string of the molecule is COC(=O)CN(C(=O)CC1CCS(=O)(=O)C1)C(C)C. The maximum Gasteiger partial charge on any atom is 0.325 e. The van der Waals surface area contributed by atoms with E-state index < -0.39 is 15.8 Å². The molecule has 0 N–H and O–H groups in total. The molecule has 0 aliphatic carbocycles. The fourth-order valence-corrected chi connectivity index (χ4v) is 4.02. The average molecular weight is 291 g/mol. The van der Waals surface area contributed by atoms with Crippen LogP contribution in [0.15, 0.2) is 0 Å². The van der Waals surface area contributed by atoms with Crippen LogP contribution >= 0.6 is 0 Å². The summed E-state index contributed by atoms with van der Waals surface area (Å²) in [5, 5.41) is 0. The van der Waals surface area contributed by atoms with Gasteiger partial charge < -0.3 is 9.64 Å². The highest BCUT2D eigenvalue weighted by molar-refractivity contribution is 7.91. The van der Waals surface area contributed by atoms with Gasteiger partial charge in [0.05, 0.1) is 18.6 Å². The standard InChI is InChI=1S/C12H21NO5S/c1-9(2)13(7-12(15)18-3)11(14)6-10-4-5-19(16,17)8-10/h9-10H,4-8H2,1-3H3. The van der Waals surface area contributed by atoms with Crippen LogP contribution in [0, 0.1) is 5.92 Å². The molecule has 0 aromatic rings. The summed E-state index contributed by atoms with van der Waals surface area (Å²) in [4.78, 5) is 24.8. The van der Waals surface area contributed by atoms with Crippen molar-refractivity contribution in [3.63, 3.8) is 0 Å². The smallest absolute Gasteiger partial charge is 0.325 e. The molecule has 0 saturated carbocycles. The van der Waals surface area contributed by atoms with E-state index in [1.807, 2.05) is 13.8 Å². The average Bonchev–Trinajstić information content (AvgIpc) is 2.64. The van der Waals surface area contributed by atoms with Crippen molar-refractivity contribution in [2.24, 2.45) is 5.92 Å². The molecule has 0 aromatic carbocycles. The van der Waals surface area contributed by atoms with Crippen LogP contribution < -0.4 is 0 Å². The Hall–Kier alpha value is -1.11. The fraction of sp³-hybridized carbons (Fsp3) is 0.833. The van der Waals surface area contributed by atoms with Crippen LogP contribution in [0.4, 0.5) is 0 Å². The Balaban J connectivity index is 2.60. The molecule has 1 saturated heterocycles. The Morgan fingerprint density at radius 1 is 1.37 bits per heavy atom. The second kappa shape index (κ2) is 6.36. The first kappa shape index (κ1) is 15.9. The Labute approximate surface area is 114 Å². The van der Waals surface area contributed by atoms with Gasteiger partial charge in [0.2, 0.25) is 5.91 Å². The number of esters is 1. The summed E-state index contributed by atoms with van der Waals surface area (Å²) in [6.45, 7) is 3.53. The van der Waals surface area contributed by atoms with Gasteiger partial charge in [-0.2, -0.15) is 0 Å². The summed E-state index contributed by atoms with van der Waals surface area (Å²) in [5.41, 5.74) is 0. The Morgan fingerprint density at radius 2 is 2.00 bits per heavy atom. The van der Waals surface area contributed by atoms with Gasteiger partial charge in [0.1, 0.15) is 6.54 Å². The van der Waals surface area contributed by atoms with Crippen LogP contribution in [0.2, 0.25) is 0 Å². The summed E-state index contributed by atoms with van der Waals surface area (Å²) in [5.74, 6) is -0.563. The Bertz CT molecular complexity index is 443. The van der Waals surface area contributed by atoms with E-state index in [0.717, 1.165) is 0 Å². The number of carbonyl (C=O) groups is 2. The molecule has 19 heavy (non-hydrogen) atoms. The summed E-state index contributed by atoms with van der Waals surface area (Å²) >= 11 is 0. The molecule has 1 atom stereocenters. The molecule has 1 unspecified atom stereocenters. The molecule has 0 spiro atoms. The number of nitrogens with zero attached hydrogens (tertiary/aromatic N) is 1. The van der Waals surface area contributed by atoms with Crippen LogP contribution in [0.1, 0.15) is 26.7 Å². The lowest BCUT2D eigenvalue weighted by Gasteiger charge is -2.26. The largest absolute Gasteiger partial charge is 0.468 e. The first-order chi connectivity index (χ1) is 8.75. The molecule has 0 radical (unpaired) electrons. The van der Waals surface area contributed by atoms with Crippen LogP contribution in [0.5, 0.6) is 0 Å². The van der Waals surface area contributed by atoms with Gasteiger partial charge in [-0.25, -0.2) is 8.42 Å². The number of hydrogen-bond donors (Lipinski definition) is 0. The number of methoxy groups -OCH3 is 1. The minimum absolute atomic E-state index is 0.0723. The van der Waals surface area contributed by atoms with Gasteiger partial charge in [-0.15, -0.1) is 0 Å². The molecule has 6 nitrogen and oxygen atoms in total. The number of rotatable bonds is 5. The maximum atomic E-state index is 12.1. The topological polar surface area (TPSA) is 80.8 Å². The number of ether oxygens (including phenoxy) is 1. The lowest BCUT2D eigenvalue weighted by Crippen LogP contribution is -2.41. The highest BCUT2D eigenvalue weighted by Crippen LogP contribution is 2.22. The predicted octanol–water partition coefficient (Wildman–Crippen LogP) is 0.221. The minimum Gasteiger partial charge on any atom is -0.468 e. The first-order valence-electron chi connectivity index (χ1n) is 6.32. The van der Waals surface area contributed by atoms with Gasteiger partial charge in [-0.05, 0) is 26.2 Å². The quantitative estimate of drug-likeness (QED) is 0.677. The molecule has 7 heteroatoms. The van der Waals surface area contributed by atoms with Gasteiger partial charge in [-0.1, -0.05) is 0 Å². The molecule has 1 amide bonds. The maximum absolute atomic E-state index is 12.1. The monoisotopic (exact) mass is 291 g/mol.